The lowest BCUT2D eigenvalue weighted by Crippen LogP contribution is -2.48. The predicted octanol–water partition coefficient (Wildman–Crippen LogP) is 4.02. The van der Waals surface area contributed by atoms with Crippen molar-refractivity contribution in [2.75, 3.05) is 46.4 Å². The van der Waals surface area contributed by atoms with E-state index >= 15 is 0 Å². The van der Waals surface area contributed by atoms with Gasteiger partial charge in [-0.2, -0.15) is 0 Å². The molecule has 8 heteroatoms. The minimum absolute atomic E-state index is 0.0310. The Morgan fingerprint density at radius 3 is 2.53 bits per heavy atom. The average molecular weight is 489 g/mol. The number of carbonyl (C=O) groups is 2. The van der Waals surface area contributed by atoms with Gasteiger partial charge in [-0.15, -0.1) is 0 Å². The van der Waals surface area contributed by atoms with E-state index in [-0.39, 0.29) is 11.7 Å². The molecule has 4 aromatic rings. The van der Waals surface area contributed by atoms with Gasteiger partial charge in [0.1, 0.15) is 5.82 Å². The van der Waals surface area contributed by atoms with Crippen molar-refractivity contribution < 1.29 is 18.7 Å². The summed E-state index contributed by atoms with van der Waals surface area (Å²) < 4.78 is 19.8. The molecule has 0 unspecified atom stereocenters. The van der Waals surface area contributed by atoms with E-state index in [1.807, 2.05) is 11.0 Å². The number of hydrogen-bond donors (Lipinski definition) is 2. The van der Waals surface area contributed by atoms with Gasteiger partial charge in [0.15, 0.2) is 0 Å². The van der Waals surface area contributed by atoms with E-state index in [1.165, 1.54) is 6.07 Å². The molecule has 2 heterocycles. The number of ether oxygens (including phenoxy) is 1. The molecule has 3 aromatic carbocycles. The Morgan fingerprint density at radius 2 is 1.81 bits per heavy atom. The molecule has 0 spiro atoms. The molecule has 0 atom stereocenters. The Labute approximate surface area is 208 Å². The quantitative estimate of drug-likeness (QED) is 0.385. The molecule has 1 aliphatic rings. The number of aromatic amines is 1. The number of amides is 2. The van der Waals surface area contributed by atoms with Crippen LogP contribution in [-0.2, 0) is 4.74 Å². The van der Waals surface area contributed by atoms with E-state index in [0.29, 0.717) is 51.8 Å². The van der Waals surface area contributed by atoms with Gasteiger partial charge in [-0.1, -0.05) is 30.3 Å². The van der Waals surface area contributed by atoms with Gasteiger partial charge < -0.3 is 20.4 Å². The van der Waals surface area contributed by atoms with Crippen LogP contribution >= 0.6 is 0 Å². The molecular formula is C28H29FN4O3. The largest absolute Gasteiger partial charge is 0.385 e. The molecule has 2 amide bonds. The molecule has 0 radical (unpaired) electrons. The van der Waals surface area contributed by atoms with Gasteiger partial charge in [-0.3, -0.25) is 14.5 Å². The molecule has 7 nitrogen and oxygen atoms in total. The van der Waals surface area contributed by atoms with Crippen molar-refractivity contribution in [1.82, 2.24) is 14.8 Å². The summed E-state index contributed by atoms with van der Waals surface area (Å²) in [6, 6.07) is 15.3. The number of carbonyl (C=O) groups excluding carboxylic acids is 2. The van der Waals surface area contributed by atoms with Crippen molar-refractivity contribution in [2.24, 2.45) is 5.73 Å². The second kappa shape index (κ2) is 10.1. The van der Waals surface area contributed by atoms with Gasteiger partial charge in [-0.05, 0) is 36.2 Å². The molecule has 1 aliphatic heterocycles. The molecule has 0 bridgehead atoms. The smallest absolute Gasteiger partial charge is 0.254 e. The summed E-state index contributed by atoms with van der Waals surface area (Å²) in [6.07, 6.45) is 0.976. The molecule has 3 N–H and O–H groups in total. The number of rotatable bonds is 7. The van der Waals surface area contributed by atoms with E-state index < -0.39 is 5.91 Å². The monoisotopic (exact) mass is 488 g/mol. The first-order valence-electron chi connectivity index (χ1n) is 12.1. The van der Waals surface area contributed by atoms with Crippen LogP contribution in [0.1, 0.15) is 27.1 Å². The van der Waals surface area contributed by atoms with Gasteiger partial charge in [-0.25, -0.2) is 4.39 Å². The Kier molecular flexibility index (Phi) is 6.71. The normalized spacial score (nSPS) is 14.6. The van der Waals surface area contributed by atoms with Crippen LogP contribution in [0.3, 0.4) is 0 Å². The fourth-order valence-electron chi connectivity index (χ4n) is 5.04. The Balaban J connectivity index is 1.49. The van der Waals surface area contributed by atoms with Crippen LogP contribution in [0.15, 0.2) is 54.6 Å². The molecule has 1 saturated heterocycles. The predicted molar refractivity (Wildman–Crippen MR) is 139 cm³/mol. The van der Waals surface area contributed by atoms with Gasteiger partial charge >= 0.3 is 0 Å². The summed E-state index contributed by atoms with van der Waals surface area (Å²) >= 11 is 0. The third-order valence-corrected chi connectivity index (χ3v) is 6.91. The third-order valence-electron chi connectivity index (χ3n) is 6.91. The fourth-order valence-corrected chi connectivity index (χ4v) is 5.04. The van der Waals surface area contributed by atoms with Crippen molar-refractivity contribution in [3.05, 3.63) is 71.5 Å². The number of nitrogens with two attached hydrogens (primary N) is 1. The molecule has 36 heavy (non-hydrogen) atoms. The summed E-state index contributed by atoms with van der Waals surface area (Å²) in [5, 5.41) is 1.50. The van der Waals surface area contributed by atoms with Crippen LogP contribution in [0.2, 0.25) is 0 Å². The lowest BCUT2D eigenvalue weighted by Gasteiger charge is -2.34. The van der Waals surface area contributed by atoms with Gasteiger partial charge in [0.05, 0.1) is 11.1 Å². The Morgan fingerprint density at radius 1 is 1.03 bits per heavy atom. The minimum atomic E-state index is -0.577. The number of fused-ring (bicyclic) bond motifs is 3. The van der Waals surface area contributed by atoms with E-state index in [9.17, 15) is 14.0 Å². The number of halogens is 1. The SMILES string of the molecule is COCCCN1CCN(C(=O)c2ccc3c(c2)[nH]c2c(C(N)=O)ccc(-c4ccccc4F)c23)CC1. The van der Waals surface area contributed by atoms with Crippen LogP contribution in [-0.4, -0.2) is 73.0 Å². The molecular weight excluding hydrogens is 459 g/mol. The van der Waals surface area contributed by atoms with Crippen molar-refractivity contribution in [3.8, 4) is 11.1 Å². The molecule has 1 aromatic heterocycles. The molecule has 5 rings (SSSR count). The number of methoxy groups -OCH3 is 1. The molecule has 0 aliphatic carbocycles. The number of H-pyrrole nitrogens is 1. The number of nitrogens with one attached hydrogen (secondary N) is 1. The lowest BCUT2D eigenvalue weighted by molar-refractivity contribution is 0.0624. The molecule has 1 fully saturated rings. The number of aromatic nitrogens is 1. The van der Waals surface area contributed by atoms with E-state index in [1.54, 1.807) is 49.6 Å². The Bertz CT molecular complexity index is 1440. The van der Waals surface area contributed by atoms with Crippen LogP contribution in [0, 0.1) is 5.82 Å². The highest BCUT2D eigenvalue weighted by Gasteiger charge is 2.23. The fraction of sp³-hybridized carbons (Fsp3) is 0.286. The number of piperazine rings is 1. The maximum absolute atomic E-state index is 14.7. The van der Waals surface area contributed by atoms with Crippen LogP contribution in [0.25, 0.3) is 32.9 Å². The summed E-state index contributed by atoms with van der Waals surface area (Å²) in [7, 11) is 1.70. The van der Waals surface area contributed by atoms with Gasteiger partial charge in [0, 0.05) is 73.9 Å². The van der Waals surface area contributed by atoms with E-state index in [0.717, 1.165) is 38.0 Å². The summed E-state index contributed by atoms with van der Waals surface area (Å²) in [4.78, 5) is 32.9. The van der Waals surface area contributed by atoms with Crippen LogP contribution in [0.4, 0.5) is 4.39 Å². The van der Waals surface area contributed by atoms with Crippen molar-refractivity contribution >= 4 is 33.6 Å². The standard InChI is InChI=1S/C28H29FN4O3/c1-36-16-4-11-32-12-14-33(15-13-32)28(35)18-7-8-21-24(17-18)31-26-22(27(30)34)10-9-20(25(21)26)19-5-2-3-6-23(19)29/h2-3,5-10,17,31H,4,11-16H2,1H3,(H2,30,34). The first kappa shape index (κ1) is 24.0. The average Bonchev–Trinajstić information content (AvgIpc) is 3.27. The topological polar surface area (TPSA) is 91.7 Å². The molecule has 186 valence electrons. The maximum atomic E-state index is 14.7. The third kappa shape index (κ3) is 4.45. The summed E-state index contributed by atoms with van der Waals surface area (Å²) in [5.41, 5.74) is 8.84. The van der Waals surface area contributed by atoms with Gasteiger partial charge in [0.2, 0.25) is 0 Å². The van der Waals surface area contributed by atoms with E-state index in [4.69, 9.17) is 10.5 Å². The van der Waals surface area contributed by atoms with Crippen molar-refractivity contribution in [3.63, 3.8) is 0 Å². The number of hydrogen-bond acceptors (Lipinski definition) is 4. The van der Waals surface area contributed by atoms with Crippen molar-refractivity contribution in [2.45, 2.75) is 6.42 Å². The highest BCUT2D eigenvalue weighted by molar-refractivity contribution is 6.20. The second-order valence-electron chi connectivity index (χ2n) is 9.12. The van der Waals surface area contributed by atoms with E-state index in [2.05, 4.69) is 9.88 Å². The maximum Gasteiger partial charge on any atom is 0.254 e. The first-order valence-corrected chi connectivity index (χ1v) is 12.1. The lowest BCUT2D eigenvalue weighted by atomic mass is 9.96. The zero-order valence-electron chi connectivity index (χ0n) is 20.2. The second-order valence-corrected chi connectivity index (χ2v) is 9.12. The zero-order valence-corrected chi connectivity index (χ0v) is 20.2. The first-order chi connectivity index (χ1) is 17.5. The van der Waals surface area contributed by atoms with Crippen molar-refractivity contribution in [1.29, 1.82) is 0 Å². The number of primary amides is 1. The number of benzene rings is 3. The summed E-state index contributed by atoms with van der Waals surface area (Å²) in [5.74, 6) is -0.962. The van der Waals surface area contributed by atoms with Gasteiger partial charge in [0.25, 0.3) is 11.8 Å². The van der Waals surface area contributed by atoms with Crippen LogP contribution < -0.4 is 5.73 Å². The number of nitrogens with zero attached hydrogens (tertiary/aromatic N) is 2. The zero-order chi connectivity index (χ0) is 25.2. The highest BCUT2D eigenvalue weighted by atomic mass is 19.1. The minimum Gasteiger partial charge on any atom is -0.385 e. The Hall–Kier alpha value is -3.75. The summed E-state index contributed by atoms with van der Waals surface area (Å²) in [6.45, 7) is 4.69. The highest BCUT2D eigenvalue weighted by Crippen LogP contribution is 2.37. The van der Waals surface area contributed by atoms with Crippen LogP contribution in [0.5, 0.6) is 0 Å². The molecule has 0 saturated carbocycles.